The van der Waals surface area contributed by atoms with Crippen molar-refractivity contribution in [2.75, 3.05) is 40.5 Å². The average Bonchev–Trinajstić information content (AvgIpc) is 2.90. The highest BCUT2D eigenvalue weighted by Crippen LogP contribution is 2.32. The molecule has 1 saturated heterocycles. The molecule has 0 spiro atoms. The summed E-state index contributed by atoms with van der Waals surface area (Å²) in [5.74, 6) is 1.08. The molecule has 6 nitrogen and oxygen atoms in total. The quantitative estimate of drug-likeness (QED) is 0.415. The molecule has 3 aromatic carbocycles. The van der Waals surface area contributed by atoms with Crippen LogP contribution in [-0.4, -0.2) is 56.9 Å². The standard InChI is InChI=1S/C29H33ClN2O4/c1-29(28(33)36-18-15-21-9-14-25(34-2)26(19-21)35-3)20-32(17-16-31-29)27(22-7-5-4-6-8-22)23-10-12-24(30)13-11-23/h4-14,19,27,31H,15-18,20H2,1-3H3. The highest BCUT2D eigenvalue weighted by Gasteiger charge is 2.41. The predicted molar refractivity (Wildman–Crippen MR) is 142 cm³/mol. The number of nitrogens with one attached hydrogen (secondary N) is 1. The zero-order chi connectivity index (χ0) is 25.5. The molecule has 2 unspecified atom stereocenters. The van der Waals surface area contributed by atoms with Crippen molar-refractivity contribution in [2.24, 2.45) is 0 Å². The second-order valence-corrected chi connectivity index (χ2v) is 9.61. The van der Waals surface area contributed by atoms with Crippen molar-refractivity contribution in [1.82, 2.24) is 10.2 Å². The second kappa shape index (κ2) is 11.8. The van der Waals surface area contributed by atoms with Crippen LogP contribution in [0.3, 0.4) is 0 Å². The molecule has 7 heteroatoms. The topological polar surface area (TPSA) is 60.0 Å². The van der Waals surface area contributed by atoms with E-state index in [4.69, 9.17) is 25.8 Å². The fraction of sp³-hybridized carbons (Fsp3) is 0.345. The van der Waals surface area contributed by atoms with Crippen LogP contribution in [-0.2, 0) is 16.0 Å². The van der Waals surface area contributed by atoms with Crippen LogP contribution < -0.4 is 14.8 Å². The number of carbonyl (C=O) groups excluding carboxylic acids is 1. The molecular weight excluding hydrogens is 476 g/mol. The van der Waals surface area contributed by atoms with E-state index >= 15 is 0 Å². The largest absolute Gasteiger partial charge is 0.493 e. The van der Waals surface area contributed by atoms with Gasteiger partial charge in [-0.15, -0.1) is 0 Å². The number of benzene rings is 3. The molecule has 1 heterocycles. The lowest BCUT2D eigenvalue weighted by Crippen LogP contribution is -2.63. The van der Waals surface area contributed by atoms with Crippen LogP contribution in [0.1, 0.15) is 29.7 Å². The number of hydrogen-bond acceptors (Lipinski definition) is 6. The third-order valence-electron chi connectivity index (χ3n) is 6.62. The van der Waals surface area contributed by atoms with Crippen LogP contribution in [0.5, 0.6) is 11.5 Å². The van der Waals surface area contributed by atoms with Gasteiger partial charge in [0, 0.05) is 31.1 Å². The van der Waals surface area contributed by atoms with Gasteiger partial charge in [-0.2, -0.15) is 0 Å². The van der Waals surface area contributed by atoms with Crippen molar-refractivity contribution < 1.29 is 19.0 Å². The van der Waals surface area contributed by atoms with Gasteiger partial charge in [0.25, 0.3) is 0 Å². The Morgan fingerprint density at radius 1 is 1.00 bits per heavy atom. The number of ether oxygens (including phenoxy) is 3. The van der Waals surface area contributed by atoms with Gasteiger partial charge in [0.05, 0.1) is 26.9 Å². The number of methoxy groups -OCH3 is 2. The molecule has 4 rings (SSSR count). The maximum Gasteiger partial charge on any atom is 0.327 e. The molecule has 0 bridgehead atoms. The van der Waals surface area contributed by atoms with Crippen molar-refractivity contribution in [2.45, 2.75) is 24.9 Å². The molecule has 0 amide bonds. The number of rotatable bonds is 9. The molecule has 0 saturated carbocycles. The van der Waals surface area contributed by atoms with Crippen molar-refractivity contribution in [3.8, 4) is 11.5 Å². The Kier molecular flexibility index (Phi) is 8.52. The zero-order valence-electron chi connectivity index (χ0n) is 21.0. The fourth-order valence-electron chi connectivity index (χ4n) is 4.73. The first-order valence-electron chi connectivity index (χ1n) is 12.1. The average molecular weight is 509 g/mol. The number of esters is 1. The Morgan fingerprint density at radius 3 is 2.39 bits per heavy atom. The van der Waals surface area contributed by atoms with E-state index in [1.54, 1.807) is 14.2 Å². The minimum Gasteiger partial charge on any atom is -0.493 e. The molecular formula is C29H33ClN2O4. The lowest BCUT2D eigenvalue weighted by Gasteiger charge is -2.43. The third-order valence-corrected chi connectivity index (χ3v) is 6.87. The zero-order valence-corrected chi connectivity index (χ0v) is 21.8. The first kappa shape index (κ1) is 26.0. The molecule has 36 heavy (non-hydrogen) atoms. The van der Waals surface area contributed by atoms with Gasteiger partial charge in [0.1, 0.15) is 5.54 Å². The van der Waals surface area contributed by atoms with Crippen LogP contribution in [0.4, 0.5) is 0 Å². The van der Waals surface area contributed by atoms with Gasteiger partial charge in [-0.25, -0.2) is 0 Å². The molecule has 0 aliphatic carbocycles. The van der Waals surface area contributed by atoms with Gasteiger partial charge >= 0.3 is 5.97 Å². The molecule has 0 radical (unpaired) electrons. The van der Waals surface area contributed by atoms with Crippen LogP contribution in [0.2, 0.25) is 5.02 Å². The Labute approximate surface area is 218 Å². The molecule has 1 fully saturated rings. The summed E-state index contributed by atoms with van der Waals surface area (Å²) in [6.45, 7) is 4.20. The summed E-state index contributed by atoms with van der Waals surface area (Å²) in [6, 6.07) is 24.0. The van der Waals surface area contributed by atoms with Crippen molar-refractivity contribution >= 4 is 17.6 Å². The molecule has 1 aliphatic heterocycles. The van der Waals surface area contributed by atoms with Gasteiger partial charge in [0.15, 0.2) is 11.5 Å². The second-order valence-electron chi connectivity index (χ2n) is 9.17. The highest BCUT2D eigenvalue weighted by atomic mass is 35.5. The Morgan fingerprint density at radius 2 is 1.69 bits per heavy atom. The van der Waals surface area contributed by atoms with Crippen LogP contribution in [0.25, 0.3) is 0 Å². The van der Waals surface area contributed by atoms with E-state index in [2.05, 4.69) is 34.5 Å². The number of piperazine rings is 1. The summed E-state index contributed by atoms with van der Waals surface area (Å²) in [4.78, 5) is 15.6. The normalized spacial score (nSPS) is 18.9. The first-order valence-corrected chi connectivity index (χ1v) is 12.5. The van der Waals surface area contributed by atoms with Gasteiger partial charge in [-0.3, -0.25) is 15.0 Å². The summed E-state index contributed by atoms with van der Waals surface area (Å²) >= 11 is 6.16. The molecule has 1 aliphatic rings. The SMILES string of the molecule is COc1ccc(CCOC(=O)C2(C)CN(C(c3ccccc3)c3ccc(Cl)cc3)CCN2)cc1OC. The lowest BCUT2D eigenvalue weighted by molar-refractivity contribution is -0.153. The van der Waals surface area contributed by atoms with E-state index in [9.17, 15) is 4.79 Å². The van der Waals surface area contributed by atoms with Gasteiger partial charge in [-0.05, 0) is 47.9 Å². The molecule has 1 N–H and O–H groups in total. The molecule has 190 valence electrons. The fourth-order valence-corrected chi connectivity index (χ4v) is 4.85. The monoisotopic (exact) mass is 508 g/mol. The third kappa shape index (κ3) is 6.01. The van der Waals surface area contributed by atoms with E-state index in [0.29, 0.717) is 36.0 Å². The van der Waals surface area contributed by atoms with E-state index in [1.807, 2.05) is 55.5 Å². The minimum atomic E-state index is -0.824. The lowest BCUT2D eigenvalue weighted by atomic mass is 9.92. The van der Waals surface area contributed by atoms with E-state index in [-0.39, 0.29) is 18.6 Å². The molecule has 3 aromatic rings. The van der Waals surface area contributed by atoms with Crippen molar-refractivity contribution in [3.05, 3.63) is 94.5 Å². The van der Waals surface area contributed by atoms with E-state index < -0.39 is 5.54 Å². The summed E-state index contributed by atoms with van der Waals surface area (Å²) in [7, 11) is 3.21. The summed E-state index contributed by atoms with van der Waals surface area (Å²) in [5.41, 5.74) is 2.49. The molecule has 0 aromatic heterocycles. The number of carbonyl (C=O) groups is 1. The van der Waals surface area contributed by atoms with Crippen molar-refractivity contribution in [3.63, 3.8) is 0 Å². The Hall–Kier alpha value is -3.06. The minimum absolute atomic E-state index is 0.00413. The van der Waals surface area contributed by atoms with Gasteiger partial charge in [0.2, 0.25) is 0 Å². The number of halogens is 1. The first-order chi connectivity index (χ1) is 17.4. The van der Waals surface area contributed by atoms with Gasteiger partial charge < -0.3 is 14.2 Å². The number of hydrogen-bond donors (Lipinski definition) is 1. The van der Waals surface area contributed by atoms with E-state index in [0.717, 1.165) is 17.7 Å². The van der Waals surface area contributed by atoms with Crippen LogP contribution in [0, 0.1) is 0 Å². The van der Waals surface area contributed by atoms with Gasteiger partial charge in [-0.1, -0.05) is 60.1 Å². The predicted octanol–water partition coefficient (Wildman–Crippen LogP) is 4.90. The van der Waals surface area contributed by atoms with Crippen LogP contribution >= 0.6 is 11.6 Å². The maximum absolute atomic E-state index is 13.2. The Balaban J connectivity index is 1.45. The summed E-state index contributed by atoms with van der Waals surface area (Å²) < 4.78 is 16.4. The highest BCUT2D eigenvalue weighted by molar-refractivity contribution is 6.30. The van der Waals surface area contributed by atoms with Crippen LogP contribution in [0.15, 0.2) is 72.8 Å². The smallest absolute Gasteiger partial charge is 0.327 e. The molecule has 2 atom stereocenters. The number of nitrogens with zero attached hydrogens (tertiary/aromatic N) is 1. The van der Waals surface area contributed by atoms with E-state index in [1.165, 1.54) is 5.56 Å². The summed E-state index contributed by atoms with van der Waals surface area (Å²) in [5, 5.41) is 4.10. The summed E-state index contributed by atoms with van der Waals surface area (Å²) in [6.07, 6.45) is 0.587. The Bertz CT molecular complexity index is 1160. The van der Waals surface area contributed by atoms with Crippen molar-refractivity contribution in [1.29, 1.82) is 0 Å². The maximum atomic E-state index is 13.2.